The number of aliphatic hydroxyl groups is 1. The van der Waals surface area contributed by atoms with Crippen molar-refractivity contribution in [2.24, 2.45) is 5.41 Å². The molecule has 0 aliphatic carbocycles. The molecular formula is C16H23NO3. The van der Waals surface area contributed by atoms with Crippen LogP contribution in [-0.4, -0.2) is 30.8 Å². The Kier molecular flexibility index (Phi) is 6.25. The van der Waals surface area contributed by atoms with Gasteiger partial charge in [-0.05, 0) is 19.1 Å². The number of aliphatic hydroxyl groups excluding tert-OH is 1. The Bertz CT molecular complexity index is 467. The summed E-state index contributed by atoms with van der Waals surface area (Å²) in [7, 11) is 0. The number of carbonyl (C=O) groups is 1. The van der Waals surface area contributed by atoms with Crippen molar-refractivity contribution < 1.29 is 14.6 Å². The first-order valence-corrected chi connectivity index (χ1v) is 6.77. The maximum atomic E-state index is 11.7. The van der Waals surface area contributed by atoms with Gasteiger partial charge in [0.25, 0.3) is 0 Å². The minimum atomic E-state index is -0.313. The van der Waals surface area contributed by atoms with Gasteiger partial charge < -0.3 is 15.2 Å². The zero-order valence-corrected chi connectivity index (χ0v) is 12.3. The summed E-state index contributed by atoms with van der Waals surface area (Å²) in [5.74, 6) is 0.576. The van der Waals surface area contributed by atoms with Crippen LogP contribution >= 0.6 is 0 Å². The zero-order chi connectivity index (χ0) is 15.0. The summed E-state index contributed by atoms with van der Waals surface area (Å²) in [4.78, 5) is 11.7. The van der Waals surface area contributed by atoms with Crippen molar-refractivity contribution in [2.45, 2.75) is 20.8 Å². The fourth-order valence-electron chi connectivity index (χ4n) is 1.51. The topological polar surface area (TPSA) is 58.6 Å². The van der Waals surface area contributed by atoms with Crippen LogP contribution in [0.2, 0.25) is 0 Å². The highest BCUT2D eigenvalue weighted by molar-refractivity contribution is 5.92. The van der Waals surface area contributed by atoms with Gasteiger partial charge >= 0.3 is 0 Å². The predicted octanol–water partition coefficient (Wildman–Crippen LogP) is 2.23. The molecule has 1 rings (SSSR count). The van der Waals surface area contributed by atoms with Gasteiger partial charge in [0.15, 0.2) is 0 Å². The summed E-state index contributed by atoms with van der Waals surface area (Å²) < 4.78 is 5.48. The second-order valence-corrected chi connectivity index (χ2v) is 5.34. The number of nitrogens with one attached hydrogen (secondary N) is 1. The first-order valence-electron chi connectivity index (χ1n) is 6.77. The molecular weight excluding hydrogens is 254 g/mol. The summed E-state index contributed by atoms with van der Waals surface area (Å²) in [6.07, 6.45) is 3.21. The van der Waals surface area contributed by atoms with E-state index in [9.17, 15) is 4.79 Å². The van der Waals surface area contributed by atoms with Crippen LogP contribution in [0, 0.1) is 5.41 Å². The van der Waals surface area contributed by atoms with Crippen LogP contribution in [-0.2, 0) is 4.79 Å². The smallest absolute Gasteiger partial charge is 0.244 e. The van der Waals surface area contributed by atoms with Crippen LogP contribution in [0.4, 0.5) is 0 Å². The van der Waals surface area contributed by atoms with Crippen LogP contribution in [0.1, 0.15) is 26.3 Å². The molecule has 20 heavy (non-hydrogen) atoms. The molecule has 1 aromatic carbocycles. The Balaban J connectivity index is 2.61. The molecule has 0 unspecified atom stereocenters. The molecule has 0 spiro atoms. The van der Waals surface area contributed by atoms with Gasteiger partial charge in [0.2, 0.25) is 5.91 Å². The van der Waals surface area contributed by atoms with Gasteiger partial charge in [-0.15, -0.1) is 0 Å². The van der Waals surface area contributed by atoms with Crippen LogP contribution in [0.15, 0.2) is 30.3 Å². The molecule has 4 heteroatoms. The Morgan fingerprint density at radius 1 is 1.40 bits per heavy atom. The Labute approximate surface area is 120 Å². The highest BCUT2D eigenvalue weighted by Gasteiger charge is 2.16. The third-order valence-corrected chi connectivity index (χ3v) is 2.80. The Morgan fingerprint density at radius 3 is 2.75 bits per heavy atom. The first kappa shape index (κ1) is 16.2. The standard InChI is InChI=1S/C16H23NO3/c1-4-20-14-8-6-5-7-13(14)9-10-15(19)17-11-16(2,3)12-18/h5-10,18H,4,11-12H2,1-3H3,(H,17,19)/b10-9+. The van der Waals surface area contributed by atoms with Crippen molar-refractivity contribution in [1.82, 2.24) is 5.32 Å². The van der Waals surface area contributed by atoms with Gasteiger partial charge in [-0.1, -0.05) is 32.0 Å². The van der Waals surface area contributed by atoms with Gasteiger partial charge in [-0.3, -0.25) is 4.79 Å². The van der Waals surface area contributed by atoms with Crippen LogP contribution in [0.5, 0.6) is 5.75 Å². The lowest BCUT2D eigenvalue weighted by molar-refractivity contribution is -0.116. The molecule has 1 aromatic rings. The van der Waals surface area contributed by atoms with E-state index in [1.165, 1.54) is 6.08 Å². The molecule has 1 amide bonds. The summed E-state index contributed by atoms with van der Waals surface area (Å²) in [5, 5.41) is 11.9. The molecule has 0 aromatic heterocycles. The summed E-state index contributed by atoms with van der Waals surface area (Å²) in [5.41, 5.74) is 0.554. The number of hydrogen-bond acceptors (Lipinski definition) is 3. The van der Waals surface area contributed by atoms with E-state index >= 15 is 0 Å². The molecule has 2 N–H and O–H groups in total. The Hall–Kier alpha value is -1.81. The average Bonchev–Trinajstić information content (AvgIpc) is 2.44. The molecule has 4 nitrogen and oxygen atoms in total. The molecule has 110 valence electrons. The zero-order valence-electron chi connectivity index (χ0n) is 12.3. The molecule has 0 heterocycles. The first-order chi connectivity index (χ1) is 9.48. The van der Waals surface area contributed by atoms with E-state index in [1.54, 1.807) is 6.08 Å². The van der Waals surface area contributed by atoms with Gasteiger partial charge in [0, 0.05) is 30.2 Å². The second kappa shape index (κ2) is 7.70. The van der Waals surface area contributed by atoms with Crippen molar-refractivity contribution in [3.05, 3.63) is 35.9 Å². The highest BCUT2D eigenvalue weighted by Crippen LogP contribution is 2.19. The summed E-state index contributed by atoms with van der Waals surface area (Å²) in [6, 6.07) is 7.56. The fraction of sp³-hybridized carbons (Fsp3) is 0.438. The number of benzene rings is 1. The Morgan fingerprint density at radius 2 is 2.10 bits per heavy atom. The lowest BCUT2D eigenvalue weighted by Crippen LogP contribution is -2.35. The van der Waals surface area contributed by atoms with Crippen LogP contribution in [0.25, 0.3) is 6.08 Å². The molecule has 0 radical (unpaired) electrons. The molecule has 0 atom stereocenters. The molecule has 0 fully saturated rings. The minimum Gasteiger partial charge on any atom is -0.493 e. The number of hydrogen-bond donors (Lipinski definition) is 2. The van der Waals surface area contributed by atoms with Gasteiger partial charge in [-0.2, -0.15) is 0 Å². The number of para-hydroxylation sites is 1. The fourth-order valence-corrected chi connectivity index (χ4v) is 1.51. The van der Waals surface area contributed by atoms with E-state index in [4.69, 9.17) is 9.84 Å². The van der Waals surface area contributed by atoms with Crippen LogP contribution in [0.3, 0.4) is 0 Å². The van der Waals surface area contributed by atoms with E-state index < -0.39 is 0 Å². The lowest BCUT2D eigenvalue weighted by atomic mass is 9.95. The van der Waals surface area contributed by atoms with E-state index in [0.29, 0.717) is 13.2 Å². The third kappa shape index (κ3) is 5.45. The van der Waals surface area contributed by atoms with Crippen molar-refractivity contribution in [2.75, 3.05) is 19.8 Å². The van der Waals surface area contributed by atoms with Gasteiger partial charge in [0.05, 0.1) is 6.61 Å². The minimum absolute atomic E-state index is 0.0319. The number of ether oxygens (including phenoxy) is 1. The molecule has 0 aliphatic rings. The molecule has 0 aliphatic heterocycles. The monoisotopic (exact) mass is 277 g/mol. The lowest BCUT2D eigenvalue weighted by Gasteiger charge is -2.21. The molecule has 0 saturated heterocycles. The highest BCUT2D eigenvalue weighted by atomic mass is 16.5. The maximum Gasteiger partial charge on any atom is 0.244 e. The molecule has 0 saturated carbocycles. The van der Waals surface area contributed by atoms with Crippen LogP contribution < -0.4 is 10.1 Å². The van der Waals surface area contributed by atoms with E-state index in [2.05, 4.69) is 5.32 Å². The SMILES string of the molecule is CCOc1ccccc1/C=C/C(=O)NCC(C)(C)CO. The quantitative estimate of drug-likeness (QED) is 0.751. The molecule has 0 bridgehead atoms. The third-order valence-electron chi connectivity index (χ3n) is 2.80. The summed E-state index contributed by atoms with van der Waals surface area (Å²) >= 11 is 0. The van der Waals surface area contributed by atoms with Crippen molar-refractivity contribution in [3.8, 4) is 5.75 Å². The average molecular weight is 277 g/mol. The number of carbonyl (C=O) groups excluding carboxylic acids is 1. The predicted molar refractivity (Wildman–Crippen MR) is 80.5 cm³/mol. The van der Waals surface area contributed by atoms with Gasteiger partial charge in [-0.25, -0.2) is 0 Å². The normalized spacial score (nSPS) is 11.6. The van der Waals surface area contributed by atoms with Crippen molar-refractivity contribution in [1.29, 1.82) is 0 Å². The summed E-state index contributed by atoms with van der Waals surface area (Å²) in [6.45, 7) is 6.75. The number of rotatable bonds is 7. The van der Waals surface area contributed by atoms with Crippen molar-refractivity contribution in [3.63, 3.8) is 0 Å². The largest absolute Gasteiger partial charge is 0.493 e. The van der Waals surface area contributed by atoms with E-state index in [-0.39, 0.29) is 17.9 Å². The maximum absolute atomic E-state index is 11.7. The number of amides is 1. The van der Waals surface area contributed by atoms with Gasteiger partial charge in [0.1, 0.15) is 5.75 Å². The second-order valence-electron chi connectivity index (χ2n) is 5.34. The van der Waals surface area contributed by atoms with Crippen molar-refractivity contribution >= 4 is 12.0 Å². The van der Waals surface area contributed by atoms with E-state index in [0.717, 1.165) is 11.3 Å². The van der Waals surface area contributed by atoms with E-state index in [1.807, 2.05) is 45.0 Å².